The van der Waals surface area contributed by atoms with Gasteiger partial charge < -0.3 is 10.1 Å². The van der Waals surface area contributed by atoms with E-state index in [4.69, 9.17) is 16.3 Å². The summed E-state index contributed by atoms with van der Waals surface area (Å²) in [5, 5.41) is 2.74. The molecule has 0 aromatic heterocycles. The van der Waals surface area contributed by atoms with E-state index in [1.165, 1.54) is 0 Å². The van der Waals surface area contributed by atoms with Crippen LogP contribution in [-0.2, 0) is 4.79 Å². The summed E-state index contributed by atoms with van der Waals surface area (Å²) in [6.45, 7) is 2.59. The summed E-state index contributed by atoms with van der Waals surface area (Å²) in [7, 11) is 0. The Balaban J connectivity index is 2.17. The first-order valence-electron chi connectivity index (χ1n) is 5.81. The number of para-hydroxylation sites is 1. The molecule has 1 rings (SSSR count). The predicted octanol–water partition coefficient (Wildman–Crippen LogP) is 2.59. The highest BCUT2D eigenvalue weighted by molar-refractivity contribution is 6.20. The third kappa shape index (κ3) is 6.17. The first-order chi connectivity index (χ1) is 8.22. The number of rotatable bonds is 7. The van der Waals surface area contributed by atoms with Crippen LogP contribution in [0.5, 0.6) is 5.75 Å². The fourth-order valence-corrected chi connectivity index (χ4v) is 1.65. The molecule has 0 aliphatic rings. The monoisotopic (exact) mass is 255 g/mol. The van der Waals surface area contributed by atoms with Crippen molar-refractivity contribution in [3.05, 3.63) is 30.3 Å². The van der Waals surface area contributed by atoms with Crippen molar-refractivity contribution in [1.29, 1.82) is 0 Å². The molecule has 1 atom stereocenters. The molecule has 0 fully saturated rings. The topological polar surface area (TPSA) is 38.3 Å². The Bertz CT molecular complexity index is 329. The number of alkyl halides is 1. The third-order valence-corrected chi connectivity index (χ3v) is 2.61. The molecular formula is C13H18ClNO2. The van der Waals surface area contributed by atoms with Crippen molar-refractivity contribution < 1.29 is 9.53 Å². The summed E-state index contributed by atoms with van der Waals surface area (Å²) < 4.78 is 5.30. The molecule has 1 amide bonds. The minimum Gasteiger partial charge on any atom is -0.484 e. The van der Waals surface area contributed by atoms with Crippen LogP contribution in [0.25, 0.3) is 0 Å². The number of ether oxygens (including phenoxy) is 1. The molecule has 0 heterocycles. The van der Waals surface area contributed by atoms with Crippen LogP contribution in [0.3, 0.4) is 0 Å². The average molecular weight is 256 g/mol. The standard InChI is InChI=1S/C13H18ClNO2/c1-2-6-11(14)9-15-13(16)10-17-12-7-4-3-5-8-12/h3-5,7-8,11H,2,6,9-10H2,1H3,(H,15,16). The van der Waals surface area contributed by atoms with E-state index in [1.54, 1.807) is 0 Å². The number of hydrogen-bond donors (Lipinski definition) is 1. The first-order valence-corrected chi connectivity index (χ1v) is 6.24. The Kier molecular flexibility index (Phi) is 6.48. The van der Waals surface area contributed by atoms with Crippen LogP contribution in [0.1, 0.15) is 19.8 Å². The van der Waals surface area contributed by atoms with Gasteiger partial charge in [0.2, 0.25) is 0 Å². The van der Waals surface area contributed by atoms with E-state index in [-0.39, 0.29) is 17.9 Å². The molecule has 0 radical (unpaired) electrons. The quantitative estimate of drug-likeness (QED) is 0.761. The fourth-order valence-electron chi connectivity index (χ4n) is 1.36. The lowest BCUT2D eigenvalue weighted by Gasteiger charge is -2.10. The lowest BCUT2D eigenvalue weighted by molar-refractivity contribution is -0.123. The number of carbonyl (C=O) groups excluding carboxylic acids is 1. The maximum atomic E-state index is 11.4. The van der Waals surface area contributed by atoms with Gasteiger partial charge in [-0.2, -0.15) is 0 Å². The van der Waals surface area contributed by atoms with E-state index in [0.717, 1.165) is 12.8 Å². The number of benzene rings is 1. The Morgan fingerprint density at radius 3 is 2.76 bits per heavy atom. The molecule has 1 aromatic carbocycles. The molecule has 0 saturated carbocycles. The Hall–Kier alpha value is -1.22. The number of carbonyl (C=O) groups is 1. The molecule has 0 bridgehead atoms. The highest BCUT2D eigenvalue weighted by Crippen LogP contribution is 2.07. The zero-order valence-electron chi connectivity index (χ0n) is 9.99. The van der Waals surface area contributed by atoms with Gasteiger partial charge in [-0.3, -0.25) is 4.79 Å². The van der Waals surface area contributed by atoms with Gasteiger partial charge in [-0.15, -0.1) is 11.6 Å². The van der Waals surface area contributed by atoms with Gasteiger partial charge in [0.05, 0.1) is 5.38 Å². The zero-order chi connectivity index (χ0) is 12.5. The Morgan fingerprint density at radius 2 is 2.12 bits per heavy atom. The lowest BCUT2D eigenvalue weighted by atomic mass is 10.2. The second kappa shape index (κ2) is 7.96. The zero-order valence-corrected chi connectivity index (χ0v) is 10.7. The largest absolute Gasteiger partial charge is 0.484 e. The van der Waals surface area contributed by atoms with E-state index >= 15 is 0 Å². The van der Waals surface area contributed by atoms with Crippen LogP contribution in [0.15, 0.2) is 30.3 Å². The fraction of sp³-hybridized carbons (Fsp3) is 0.462. The van der Waals surface area contributed by atoms with Crippen molar-refractivity contribution >= 4 is 17.5 Å². The molecule has 17 heavy (non-hydrogen) atoms. The lowest BCUT2D eigenvalue weighted by Crippen LogP contribution is -2.33. The molecule has 1 unspecified atom stereocenters. The minimum atomic E-state index is -0.143. The number of amides is 1. The van der Waals surface area contributed by atoms with Crippen LogP contribution in [0.2, 0.25) is 0 Å². The molecule has 0 aliphatic carbocycles. The summed E-state index contributed by atoms with van der Waals surface area (Å²) >= 11 is 5.99. The molecule has 0 aliphatic heterocycles. The van der Waals surface area contributed by atoms with Crippen LogP contribution in [0.4, 0.5) is 0 Å². The normalized spacial score (nSPS) is 11.9. The van der Waals surface area contributed by atoms with E-state index in [0.29, 0.717) is 12.3 Å². The van der Waals surface area contributed by atoms with Crippen molar-refractivity contribution in [3.63, 3.8) is 0 Å². The summed E-state index contributed by atoms with van der Waals surface area (Å²) in [4.78, 5) is 11.4. The first kappa shape index (κ1) is 13.8. The molecular weight excluding hydrogens is 238 g/mol. The van der Waals surface area contributed by atoms with Gasteiger partial charge in [0.1, 0.15) is 5.75 Å². The van der Waals surface area contributed by atoms with Crippen LogP contribution < -0.4 is 10.1 Å². The van der Waals surface area contributed by atoms with Crippen molar-refractivity contribution in [2.24, 2.45) is 0 Å². The molecule has 3 nitrogen and oxygen atoms in total. The van der Waals surface area contributed by atoms with Crippen molar-refractivity contribution in [2.75, 3.05) is 13.2 Å². The Labute approximate surface area is 107 Å². The predicted molar refractivity (Wildman–Crippen MR) is 69.5 cm³/mol. The number of halogens is 1. The average Bonchev–Trinajstić information content (AvgIpc) is 2.35. The summed E-state index contributed by atoms with van der Waals surface area (Å²) in [6.07, 6.45) is 1.92. The van der Waals surface area contributed by atoms with E-state index < -0.39 is 0 Å². The van der Waals surface area contributed by atoms with Gasteiger partial charge in [0, 0.05) is 6.54 Å². The van der Waals surface area contributed by atoms with Gasteiger partial charge in [-0.05, 0) is 18.6 Å². The van der Waals surface area contributed by atoms with Crippen molar-refractivity contribution in [3.8, 4) is 5.75 Å². The highest BCUT2D eigenvalue weighted by Gasteiger charge is 2.06. The summed E-state index contributed by atoms with van der Waals surface area (Å²) in [6, 6.07) is 9.26. The molecule has 94 valence electrons. The molecule has 0 saturated heterocycles. The second-order valence-corrected chi connectivity index (χ2v) is 4.41. The number of nitrogens with one attached hydrogen (secondary N) is 1. The summed E-state index contributed by atoms with van der Waals surface area (Å²) in [5.41, 5.74) is 0. The van der Waals surface area contributed by atoms with E-state index in [2.05, 4.69) is 12.2 Å². The minimum absolute atomic E-state index is 0.000625. The van der Waals surface area contributed by atoms with Gasteiger partial charge in [0.25, 0.3) is 5.91 Å². The van der Waals surface area contributed by atoms with E-state index in [1.807, 2.05) is 30.3 Å². The molecule has 0 spiro atoms. The van der Waals surface area contributed by atoms with Crippen LogP contribution >= 0.6 is 11.6 Å². The highest BCUT2D eigenvalue weighted by atomic mass is 35.5. The maximum absolute atomic E-state index is 11.4. The van der Waals surface area contributed by atoms with Crippen molar-refractivity contribution in [2.45, 2.75) is 25.1 Å². The summed E-state index contributed by atoms with van der Waals surface area (Å²) in [5.74, 6) is 0.550. The van der Waals surface area contributed by atoms with Gasteiger partial charge >= 0.3 is 0 Å². The van der Waals surface area contributed by atoms with Crippen LogP contribution in [-0.4, -0.2) is 24.4 Å². The maximum Gasteiger partial charge on any atom is 0.257 e. The molecule has 4 heteroatoms. The van der Waals surface area contributed by atoms with Crippen LogP contribution in [0, 0.1) is 0 Å². The van der Waals surface area contributed by atoms with E-state index in [9.17, 15) is 4.79 Å². The third-order valence-electron chi connectivity index (χ3n) is 2.24. The smallest absolute Gasteiger partial charge is 0.257 e. The van der Waals surface area contributed by atoms with Gasteiger partial charge in [0.15, 0.2) is 6.61 Å². The molecule has 1 aromatic rings. The molecule has 1 N–H and O–H groups in total. The number of hydrogen-bond acceptors (Lipinski definition) is 2. The van der Waals surface area contributed by atoms with Gasteiger partial charge in [-0.25, -0.2) is 0 Å². The second-order valence-electron chi connectivity index (χ2n) is 3.79. The SMILES string of the molecule is CCCC(Cl)CNC(=O)COc1ccccc1. The van der Waals surface area contributed by atoms with Crippen molar-refractivity contribution in [1.82, 2.24) is 5.32 Å². The Morgan fingerprint density at radius 1 is 1.41 bits per heavy atom. The van der Waals surface area contributed by atoms with Gasteiger partial charge in [-0.1, -0.05) is 31.5 Å².